The molecule has 0 bridgehead atoms. The quantitative estimate of drug-likeness (QED) is 0.167. The lowest BCUT2D eigenvalue weighted by Crippen LogP contribution is -2.02. The van der Waals surface area contributed by atoms with E-state index in [1.54, 1.807) is 0 Å². The van der Waals surface area contributed by atoms with E-state index in [1.165, 1.54) is 10.8 Å². The zero-order valence-electron chi connectivity index (χ0n) is 34.7. The van der Waals surface area contributed by atoms with Gasteiger partial charge in [-0.3, -0.25) is 0 Å². The molecule has 7 nitrogen and oxygen atoms in total. The lowest BCUT2D eigenvalue weighted by molar-refractivity contribution is 0.673. The third-order valence-electron chi connectivity index (χ3n) is 12.6. The predicted molar refractivity (Wildman–Crippen MR) is 262 cm³/mol. The van der Waals surface area contributed by atoms with Crippen molar-refractivity contribution in [1.29, 1.82) is 5.26 Å². The van der Waals surface area contributed by atoms with Gasteiger partial charge in [0.25, 0.3) is 0 Å². The zero-order valence-corrected chi connectivity index (χ0v) is 34.7. The maximum Gasteiger partial charge on any atom is 0.164 e. The predicted octanol–water partition coefficient (Wildman–Crippen LogP) is 14.5. The van der Waals surface area contributed by atoms with Crippen molar-refractivity contribution in [2.45, 2.75) is 0 Å². The van der Waals surface area contributed by atoms with Crippen LogP contribution in [0, 0.1) is 11.3 Å². The minimum atomic E-state index is 0.480. The molecule has 0 spiro atoms. The molecule has 9 aromatic carbocycles. The Hall–Kier alpha value is -9.12. The van der Waals surface area contributed by atoms with Gasteiger partial charge in [0.1, 0.15) is 17.2 Å². The summed E-state index contributed by atoms with van der Waals surface area (Å²) in [4.78, 5) is 15.1. The van der Waals surface area contributed by atoms with Crippen LogP contribution >= 0.6 is 0 Å². The summed E-state index contributed by atoms with van der Waals surface area (Å²) in [6.45, 7) is 0. The Morgan fingerprint density at radius 2 is 0.985 bits per heavy atom. The molecule has 4 heterocycles. The van der Waals surface area contributed by atoms with Gasteiger partial charge >= 0.3 is 0 Å². The summed E-state index contributed by atoms with van der Waals surface area (Å²) in [6.07, 6.45) is 0. The molecule has 13 rings (SSSR count). The molecule has 0 atom stereocenters. The molecule has 0 amide bonds. The Morgan fingerprint density at radius 3 is 1.72 bits per heavy atom. The lowest BCUT2D eigenvalue weighted by Gasteiger charge is -2.13. The molecule has 13 aromatic rings. The first-order valence-electron chi connectivity index (χ1n) is 21.6. The van der Waals surface area contributed by atoms with E-state index in [9.17, 15) is 5.26 Å². The van der Waals surface area contributed by atoms with Crippen LogP contribution in [0.2, 0.25) is 0 Å². The number of furan rings is 1. The normalized spacial score (nSPS) is 11.7. The number of benzene rings is 9. The first-order valence-corrected chi connectivity index (χ1v) is 21.6. The van der Waals surface area contributed by atoms with Gasteiger partial charge in [-0.2, -0.15) is 5.26 Å². The van der Waals surface area contributed by atoms with Crippen molar-refractivity contribution in [3.63, 3.8) is 0 Å². The number of aromatic nitrogens is 5. The second kappa shape index (κ2) is 14.5. The molecule has 0 saturated carbocycles. The molecule has 4 aromatic heterocycles. The Labute approximate surface area is 372 Å². The molecule has 0 aliphatic carbocycles. The molecule has 0 radical (unpaired) electrons. The van der Waals surface area contributed by atoms with Crippen LogP contribution in [0.3, 0.4) is 0 Å². The number of hydrogen-bond donors (Lipinski definition) is 0. The standard InChI is InChI=1S/C58H34N6O/c59-35-41-32-40(58-61-56(37-17-6-2-7-18-37)60-57(62-58)39-20-14-19-38(31-39)36-15-4-1-5-16-36)27-29-48(41)64-50-26-13-11-24-45(50)54-51(64)30-28-44-47-33-46-43-23-10-12-25-49(43)63(42-21-8-3-9-22-42)52(46)34-53(47)65-55(44)54/h1-34H. The van der Waals surface area contributed by atoms with E-state index in [-0.39, 0.29) is 0 Å². The summed E-state index contributed by atoms with van der Waals surface area (Å²) in [5, 5.41) is 17.4. The van der Waals surface area contributed by atoms with Gasteiger partial charge in [0.15, 0.2) is 17.5 Å². The van der Waals surface area contributed by atoms with Crippen LogP contribution < -0.4 is 0 Å². The molecule has 7 heteroatoms. The largest absolute Gasteiger partial charge is 0.455 e. The van der Waals surface area contributed by atoms with Gasteiger partial charge < -0.3 is 13.6 Å². The van der Waals surface area contributed by atoms with Gasteiger partial charge in [-0.1, -0.05) is 133 Å². The van der Waals surface area contributed by atoms with Crippen LogP contribution in [0.5, 0.6) is 0 Å². The highest BCUT2D eigenvalue weighted by Crippen LogP contribution is 2.44. The summed E-state index contributed by atoms with van der Waals surface area (Å²) in [5.41, 5.74) is 12.7. The van der Waals surface area contributed by atoms with Crippen LogP contribution in [0.1, 0.15) is 5.56 Å². The molecular weight excluding hydrogens is 797 g/mol. The summed E-state index contributed by atoms with van der Waals surface area (Å²) in [6, 6.07) is 73.1. The maximum atomic E-state index is 10.9. The van der Waals surface area contributed by atoms with Crippen LogP contribution in [-0.2, 0) is 0 Å². The van der Waals surface area contributed by atoms with Crippen LogP contribution in [0.15, 0.2) is 211 Å². The number of para-hydroxylation sites is 3. The Balaban J connectivity index is 0.980. The van der Waals surface area contributed by atoms with Crippen molar-refractivity contribution in [3.05, 3.63) is 212 Å². The molecule has 0 unspecified atom stereocenters. The fourth-order valence-corrected chi connectivity index (χ4v) is 9.64. The molecule has 0 aliphatic heterocycles. The maximum absolute atomic E-state index is 10.9. The van der Waals surface area contributed by atoms with Gasteiger partial charge in [-0.25, -0.2) is 15.0 Å². The second-order valence-corrected chi connectivity index (χ2v) is 16.3. The summed E-state index contributed by atoms with van der Waals surface area (Å²) in [7, 11) is 0. The van der Waals surface area contributed by atoms with Crippen molar-refractivity contribution < 1.29 is 4.42 Å². The average Bonchev–Trinajstić information content (AvgIpc) is 4.03. The molecule has 0 saturated heterocycles. The SMILES string of the molecule is N#Cc1cc(-c2nc(-c3ccccc3)nc(-c3cccc(-c4ccccc4)c3)n2)ccc1-n1c2ccccc2c2c3oc4cc5c(cc4c3ccc21)c1ccccc1n5-c1ccccc1. The topological polar surface area (TPSA) is 85.5 Å². The second-order valence-electron chi connectivity index (χ2n) is 16.3. The summed E-state index contributed by atoms with van der Waals surface area (Å²) >= 11 is 0. The minimum Gasteiger partial charge on any atom is -0.455 e. The van der Waals surface area contributed by atoms with Crippen molar-refractivity contribution >= 4 is 65.6 Å². The van der Waals surface area contributed by atoms with Gasteiger partial charge in [0, 0.05) is 55.4 Å². The lowest BCUT2D eigenvalue weighted by atomic mass is 10.0. The molecule has 302 valence electrons. The molecule has 0 aliphatic rings. The van der Waals surface area contributed by atoms with Crippen molar-refractivity contribution in [1.82, 2.24) is 24.1 Å². The summed E-state index contributed by atoms with van der Waals surface area (Å²) in [5.74, 6) is 1.58. The first kappa shape index (κ1) is 36.5. The third kappa shape index (κ3) is 5.78. The molecular formula is C58H34N6O. The Kier molecular flexibility index (Phi) is 8.14. The van der Waals surface area contributed by atoms with Crippen molar-refractivity contribution in [3.8, 4) is 62.7 Å². The van der Waals surface area contributed by atoms with Crippen molar-refractivity contribution in [2.75, 3.05) is 0 Å². The Morgan fingerprint density at radius 1 is 0.385 bits per heavy atom. The highest BCUT2D eigenvalue weighted by molar-refractivity contribution is 6.26. The monoisotopic (exact) mass is 830 g/mol. The first-order chi connectivity index (χ1) is 32.2. The summed E-state index contributed by atoms with van der Waals surface area (Å²) < 4.78 is 11.5. The molecule has 0 N–H and O–H groups in total. The van der Waals surface area contributed by atoms with E-state index < -0.39 is 0 Å². The number of nitriles is 1. The number of nitrogens with zero attached hydrogens (tertiary/aromatic N) is 6. The van der Waals surface area contributed by atoms with Crippen LogP contribution in [0.25, 0.3) is 122 Å². The highest BCUT2D eigenvalue weighted by Gasteiger charge is 2.23. The Bertz CT molecular complexity index is 4070. The van der Waals surface area contributed by atoms with E-state index in [2.05, 4.69) is 130 Å². The minimum absolute atomic E-state index is 0.480. The smallest absolute Gasteiger partial charge is 0.164 e. The van der Waals surface area contributed by atoms with Gasteiger partial charge in [-0.15, -0.1) is 0 Å². The van der Waals surface area contributed by atoms with E-state index in [4.69, 9.17) is 19.4 Å². The average molecular weight is 831 g/mol. The fraction of sp³-hybridized carbons (Fsp3) is 0. The molecule has 0 fully saturated rings. The van der Waals surface area contributed by atoms with Crippen LogP contribution in [0.4, 0.5) is 0 Å². The van der Waals surface area contributed by atoms with Gasteiger partial charge in [0.2, 0.25) is 0 Å². The number of fused-ring (bicyclic) bond motifs is 10. The van der Waals surface area contributed by atoms with E-state index in [0.29, 0.717) is 28.6 Å². The third-order valence-corrected chi connectivity index (χ3v) is 12.6. The molecule has 65 heavy (non-hydrogen) atoms. The van der Waals surface area contributed by atoms with Crippen LogP contribution in [-0.4, -0.2) is 24.1 Å². The fourth-order valence-electron chi connectivity index (χ4n) is 9.64. The van der Waals surface area contributed by atoms with Gasteiger partial charge in [-0.05, 0) is 77.9 Å². The van der Waals surface area contributed by atoms with E-state index in [0.717, 1.165) is 88.4 Å². The number of hydrogen-bond acceptors (Lipinski definition) is 5. The van der Waals surface area contributed by atoms with Crippen molar-refractivity contribution in [2.24, 2.45) is 0 Å². The van der Waals surface area contributed by atoms with Gasteiger partial charge in [0.05, 0.1) is 38.7 Å². The van der Waals surface area contributed by atoms with E-state index in [1.807, 2.05) is 91.0 Å². The van der Waals surface area contributed by atoms with E-state index >= 15 is 0 Å². The highest BCUT2D eigenvalue weighted by atomic mass is 16.3. The zero-order chi connectivity index (χ0) is 43.0. The number of rotatable bonds is 6.